The predicted molar refractivity (Wildman–Crippen MR) is 133 cm³/mol. The Morgan fingerprint density at radius 3 is 2.63 bits per heavy atom. The molecule has 186 valence electrons. The number of esters is 1. The second-order valence-electron chi connectivity index (χ2n) is 10.3. The highest BCUT2D eigenvalue weighted by Gasteiger charge is 2.67. The Morgan fingerprint density at radius 1 is 1.14 bits per heavy atom. The van der Waals surface area contributed by atoms with Crippen molar-refractivity contribution in [2.75, 3.05) is 0 Å². The van der Waals surface area contributed by atoms with Crippen LogP contribution < -0.4 is 5.32 Å². The van der Waals surface area contributed by atoms with Crippen LogP contribution in [-0.2, 0) is 25.5 Å². The van der Waals surface area contributed by atoms with E-state index in [1.54, 1.807) is 0 Å². The molecule has 2 N–H and O–H groups in total. The molecule has 1 aromatic rings. The highest BCUT2D eigenvalue weighted by molar-refractivity contribution is 5.98. The van der Waals surface area contributed by atoms with Crippen molar-refractivity contribution < 1.29 is 24.2 Å². The van der Waals surface area contributed by atoms with Gasteiger partial charge in [0, 0.05) is 24.5 Å². The SMILES string of the molecule is C=C1[C@@H](C)[C@H]2[C@@H](Cc3ccccc3)NC(=O)[C@]23OC(=O)/C=C\C(=O)CCC[C@@H](C)C/C=C\[C@@H]3[C@@H]1O. The molecule has 3 aliphatic rings. The van der Waals surface area contributed by atoms with Crippen LogP contribution >= 0.6 is 0 Å². The number of rotatable bonds is 2. The van der Waals surface area contributed by atoms with E-state index in [1.807, 2.05) is 49.4 Å². The monoisotopic (exact) mass is 477 g/mol. The van der Waals surface area contributed by atoms with Crippen LogP contribution in [0.3, 0.4) is 0 Å². The molecular weight excluding hydrogens is 442 g/mol. The lowest BCUT2D eigenvalue weighted by molar-refractivity contribution is -0.182. The lowest BCUT2D eigenvalue weighted by Crippen LogP contribution is -2.61. The van der Waals surface area contributed by atoms with Crippen LogP contribution in [0.15, 0.2) is 66.8 Å². The number of nitrogens with one attached hydrogen (secondary N) is 1. The first kappa shape index (κ1) is 25.1. The van der Waals surface area contributed by atoms with Crippen LogP contribution in [0.4, 0.5) is 0 Å². The molecule has 35 heavy (non-hydrogen) atoms. The normalized spacial score (nSPS) is 37.9. The van der Waals surface area contributed by atoms with Gasteiger partial charge in [0.25, 0.3) is 5.91 Å². The summed E-state index contributed by atoms with van der Waals surface area (Å²) in [4.78, 5) is 38.9. The molecule has 2 aliphatic heterocycles. The van der Waals surface area contributed by atoms with Crippen LogP contribution in [0.1, 0.15) is 45.1 Å². The van der Waals surface area contributed by atoms with Gasteiger partial charge in [-0.15, -0.1) is 0 Å². The zero-order valence-electron chi connectivity index (χ0n) is 20.5. The number of aliphatic hydroxyl groups is 1. The first-order chi connectivity index (χ1) is 16.7. The number of hydrogen-bond acceptors (Lipinski definition) is 5. The molecular formula is C29H35NO5. The van der Waals surface area contributed by atoms with E-state index in [0.29, 0.717) is 24.3 Å². The number of allylic oxidation sites excluding steroid dienone is 2. The van der Waals surface area contributed by atoms with Crippen LogP contribution in [-0.4, -0.2) is 40.5 Å². The topological polar surface area (TPSA) is 92.7 Å². The number of aliphatic hydroxyl groups excluding tert-OH is 1. The van der Waals surface area contributed by atoms with E-state index in [1.165, 1.54) is 6.08 Å². The molecule has 0 bridgehead atoms. The van der Waals surface area contributed by atoms with Crippen LogP contribution in [0, 0.1) is 23.7 Å². The molecule has 2 heterocycles. The molecule has 2 fully saturated rings. The highest BCUT2D eigenvalue weighted by atomic mass is 16.6. The summed E-state index contributed by atoms with van der Waals surface area (Å²) in [5, 5.41) is 14.4. The van der Waals surface area contributed by atoms with E-state index >= 15 is 0 Å². The fourth-order valence-corrected chi connectivity index (χ4v) is 6.00. The van der Waals surface area contributed by atoms with Crippen LogP contribution in [0.25, 0.3) is 0 Å². The molecule has 1 aliphatic carbocycles. The quantitative estimate of drug-likeness (QED) is 0.501. The Bertz CT molecular complexity index is 1040. The van der Waals surface area contributed by atoms with Crippen LogP contribution in [0.5, 0.6) is 0 Å². The van der Waals surface area contributed by atoms with Crippen molar-refractivity contribution in [3.63, 3.8) is 0 Å². The van der Waals surface area contributed by atoms with E-state index in [-0.39, 0.29) is 17.7 Å². The summed E-state index contributed by atoms with van der Waals surface area (Å²) in [6.07, 6.45) is 8.39. The maximum atomic E-state index is 13.7. The number of hydrogen-bond donors (Lipinski definition) is 2. The molecule has 0 aromatic heterocycles. The van der Waals surface area contributed by atoms with E-state index in [9.17, 15) is 19.5 Å². The number of amides is 1. The second-order valence-corrected chi connectivity index (χ2v) is 10.3. The van der Waals surface area contributed by atoms with Crippen LogP contribution in [0.2, 0.25) is 0 Å². The molecule has 6 nitrogen and oxygen atoms in total. The van der Waals surface area contributed by atoms with Gasteiger partial charge in [-0.05, 0) is 54.7 Å². The fraction of sp³-hybridized carbons (Fsp3) is 0.483. The largest absolute Gasteiger partial charge is 0.445 e. The molecule has 1 amide bonds. The van der Waals surface area contributed by atoms with E-state index in [0.717, 1.165) is 30.9 Å². The molecule has 1 spiro atoms. The lowest BCUT2D eigenvalue weighted by Gasteiger charge is -2.49. The summed E-state index contributed by atoms with van der Waals surface area (Å²) >= 11 is 0. The molecule has 1 saturated heterocycles. The third-order valence-electron chi connectivity index (χ3n) is 7.91. The van der Waals surface area contributed by atoms with Crippen molar-refractivity contribution in [3.05, 3.63) is 72.4 Å². The minimum atomic E-state index is -1.60. The summed E-state index contributed by atoms with van der Waals surface area (Å²) in [5.74, 6) is -2.46. The standard InChI is InChI=1S/C29H35NO5/c1-18-9-7-13-22(31)15-16-25(32)35-29-23(14-8-10-18)27(33)20(3)19(2)26(29)24(30-28(29)34)17-21-11-5-4-6-12-21/h4-6,8,11-12,14-16,18-19,23-24,26-27,33H,3,7,9-10,13,17H2,1-2H3,(H,30,34)/b14-8-,16-15-/t18-,19-,23-,24-,26+,27-,29-/m1/s1. The first-order valence-electron chi connectivity index (χ1n) is 12.6. The third-order valence-corrected chi connectivity index (χ3v) is 7.91. The van der Waals surface area contributed by atoms with Crippen molar-refractivity contribution in [2.45, 2.75) is 63.7 Å². The number of carbonyl (C=O) groups is 3. The minimum Gasteiger partial charge on any atom is -0.445 e. The van der Waals surface area contributed by atoms with Crippen molar-refractivity contribution >= 4 is 17.7 Å². The Labute approximate surface area is 207 Å². The van der Waals surface area contributed by atoms with Gasteiger partial charge in [-0.2, -0.15) is 0 Å². The summed E-state index contributed by atoms with van der Waals surface area (Å²) in [6, 6.07) is 9.53. The average molecular weight is 478 g/mol. The molecule has 7 atom stereocenters. The van der Waals surface area contributed by atoms with Crippen molar-refractivity contribution in [1.29, 1.82) is 0 Å². The predicted octanol–water partition coefficient (Wildman–Crippen LogP) is 3.70. The van der Waals surface area contributed by atoms with Crippen molar-refractivity contribution in [2.24, 2.45) is 23.7 Å². The van der Waals surface area contributed by atoms with Gasteiger partial charge < -0.3 is 15.2 Å². The van der Waals surface area contributed by atoms with Gasteiger partial charge in [0.2, 0.25) is 5.60 Å². The van der Waals surface area contributed by atoms with Crippen molar-refractivity contribution in [3.8, 4) is 0 Å². The number of benzene rings is 1. The van der Waals surface area contributed by atoms with E-state index in [2.05, 4.69) is 18.8 Å². The Hall–Kier alpha value is -2.99. The number of carbonyl (C=O) groups excluding carboxylic acids is 3. The fourth-order valence-electron chi connectivity index (χ4n) is 6.00. The lowest BCUT2D eigenvalue weighted by atomic mass is 9.59. The maximum absolute atomic E-state index is 13.7. The average Bonchev–Trinajstić information content (AvgIpc) is 3.09. The van der Waals surface area contributed by atoms with Crippen molar-refractivity contribution in [1.82, 2.24) is 5.32 Å². The minimum absolute atomic E-state index is 0.143. The number of ether oxygens (including phenoxy) is 1. The maximum Gasteiger partial charge on any atom is 0.331 e. The second kappa shape index (κ2) is 10.3. The first-order valence-corrected chi connectivity index (χ1v) is 12.6. The third kappa shape index (κ3) is 4.90. The van der Waals surface area contributed by atoms with Gasteiger partial charge in [-0.25, -0.2) is 4.79 Å². The van der Waals surface area contributed by atoms with Gasteiger partial charge in [0.15, 0.2) is 5.78 Å². The van der Waals surface area contributed by atoms with Gasteiger partial charge >= 0.3 is 5.97 Å². The summed E-state index contributed by atoms with van der Waals surface area (Å²) in [5.41, 5.74) is 0.0801. The van der Waals surface area contributed by atoms with Gasteiger partial charge in [0.1, 0.15) is 0 Å². The zero-order valence-corrected chi connectivity index (χ0v) is 20.5. The molecule has 1 aromatic carbocycles. The molecule has 4 rings (SSSR count). The Balaban J connectivity index is 1.79. The molecule has 0 unspecified atom stereocenters. The molecule has 6 heteroatoms. The Kier molecular flexibility index (Phi) is 7.41. The molecule has 1 saturated carbocycles. The smallest absolute Gasteiger partial charge is 0.331 e. The summed E-state index contributed by atoms with van der Waals surface area (Å²) in [6.45, 7) is 8.21. The summed E-state index contributed by atoms with van der Waals surface area (Å²) in [7, 11) is 0. The zero-order chi connectivity index (χ0) is 25.2. The number of ketones is 1. The highest BCUT2D eigenvalue weighted by Crippen LogP contribution is 2.52. The van der Waals surface area contributed by atoms with E-state index < -0.39 is 35.4 Å². The van der Waals surface area contributed by atoms with Gasteiger partial charge in [0.05, 0.1) is 12.0 Å². The van der Waals surface area contributed by atoms with Gasteiger partial charge in [-0.3, -0.25) is 9.59 Å². The van der Waals surface area contributed by atoms with Gasteiger partial charge in [-0.1, -0.05) is 62.9 Å². The van der Waals surface area contributed by atoms with E-state index in [4.69, 9.17) is 4.74 Å². The Morgan fingerprint density at radius 2 is 1.89 bits per heavy atom. The molecule has 0 radical (unpaired) electrons. The summed E-state index contributed by atoms with van der Waals surface area (Å²) < 4.78 is 6.01.